The van der Waals surface area contributed by atoms with Crippen LogP contribution in [-0.2, 0) is 0 Å². The lowest BCUT2D eigenvalue weighted by Crippen LogP contribution is -1.92. The van der Waals surface area contributed by atoms with Crippen LogP contribution < -0.4 is 10.1 Å². The van der Waals surface area contributed by atoms with Crippen LogP contribution in [0, 0.1) is 18.3 Å². The van der Waals surface area contributed by atoms with Gasteiger partial charge in [0.1, 0.15) is 23.2 Å². The van der Waals surface area contributed by atoms with E-state index in [1.165, 1.54) is 5.56 Å². The molecule has 0 aliphatic rings. The van der Waals surface area contributed by atoms with Crippen molar-refractivity contribution in [1.29, 1.82) is 5.26 Å². The van der Waals surface area contributed by atoms with Crippen molar-refractivity contribution in [2.24, 2.45) is 4.99 Å². The van der Waals surface area contributed by atoms with Gasteiger partial charge >= 0.3 is 0 Å². The Labute approximate surface area is 145 Å². The maximum atomic E-state index is 9.44. The third-order valence-corrected chi connectivity index (χ3v) is 3.63. The number of aliphatic imine (C=N–C) groups is 1. The number of methoxy groups -OCH3 is 1. The number of benzene rings is 2. The molecule has 0 unspecified atom stereocenters. The lowest BCUT2D eigenvalue weighted by atomic mass is 10.2. The van der Waals surface area contributed by atoms with E-state index in [9.17, 15) is 5.26 Å². The summed E-state index contributed by atoms with van der Waals surface area (Å²) >= 11 is 0. The third-order valence-electron chi connectivity index (χ3n) is 3.63. The van der Waals surface area contributed by atoms with Crippen LogP contribution >= 0.6 is 0 Å². The zero-order valence-electron chi connectivity index (χ0n) is 13.9. The van der Waals surface area contributed by atoms with E-state index < -0.39 is 0 Å². The first kappa shape index (κ1) is 16.3. The highest BCUT2D eigenvalue weighted by molar-refractivity contribution is 5.83. The van der Waals surface area contributed by atoms with Gasteiger partial charge in [-0.15, -0.1) is 0 Å². The van der Waals surface area contributed by atoms with Gasteiger partial charge in [0.05, 0.1) is 7.11 Å². The summed E-state index contributed by atoms with van der Waals surface area (Å²) < 4.78 is 5.12. The number of hydrogen-bond donors (Lipinski definition) is 2. The largest absolute Gasteiger partial charge is 0.497 e. The first-order chi connectivity index (χ1) is 12.2. The molecule has 3 rings (SSSR count). The molecule has 0 spiro atoms. The van der Waals surface area contributed by atoms with E-state index in [1.54, 1.807) is 13.3 Å². The second-order valence-electron chi connectivity index (χ2n) is 5.43. The SMILES string of the molecule is COc1ccc(C=Nc2n[nH]c(Nc3ccc(C)cc3)c2C#N)cc1. The second kappa shape index (κ2) is 7.32. The van der Waals surface area contributed by atoms with Gasteiger partial charge in [0, 0.05) is 11.9 Å². The molecule has 1 heterocycles. The van der Waals surface area contributed by atoms with Gasteiger partial charge < -0.3 is 10.1 Å². The number of hydrogen-bond acceptors (Lipinski definition) is 5. The van der Waals surface area contributed by atoms with Crippen molar-refractivity contribution >= 4 is 23.5 Å². The van der Waals surface area contributed by atoms with E-state index in [0.717, 1.165) is 17.0 Å². The van der Waals surface area contributed by atoms with E-state index in [0.29, 0.717) is 17.2 Å². The second-order valence-corrected chi connectivity index (χ2v) is 5.43. The summed E-state index contributed by atoms with van der Waals surface area (Å²) in [6.45, 7) is 2.02. The smallest absolute Gasteiger partial charge is 0.193 e. The number of H-pyrrole nitrogens is 1. The lowest BCUT2D eigenvalue weighted by Gasteiger charge is -2.04. The molecule has 0 amide bonds. The molecule has 6 heteroatoms. The van der Waals surface area contributed by atoms with E-state index in [-0.39, 0.29) is 0 Å². The molecule has 0 radical (unpaired) electrons. The van der Waals surface area contributed by atoms with Crippen molar-refractivity contribution in [2.45, 2.75) is 6.92 Å². The lowest BCUT2D eigenvalue weighted by molar-refractivity contribution is 0.415. The molecule has 3 aromatic rings. The molecule has 1 aromatic heterocycles. The number of aryl methyl sites for hydroxylation is 1. The van der Waals surface area contributed by atoms with E-state index >= 15 is 0 Å². The molecule has 0 atom stereocenters. The molecule has 2 aromatic carbocycles. The Morgan fingerprint density at radius 2 is 1.88 bits per heavy atom. The first-order valence-electron chi connectivity index (χ1n) is 7.70. The number of rotatable bonds is 5. The van der Waals surface area contributed by atoms with Gasteiger partial charge in [0.2, 0.25) is 0 Å². The standard InChI is InChI=1S/C19H17N5O/c1-13-3-7-15(8-4-13)22-19-17(11-20)18(23-24-19)21-12-14-5-9-16(25-2)10-6-14/h3-10,12H,1-2H3,(H2,22,23,24). The van der Waals surface area contributed by atoms with Crippen LogP contribution in [0.5, 0.6) is 5.75 Å². The minimum absolute atomic E-state index is 0.341. The average Bonchev–Trinajstić information content (AvgIpc) is 3.04. The quantitative estimate of drug-likeness (QED) is 0.689. The Bertz CT molecular complexity index is 918. The number of aromatic nitrogens is 2. The Morgan fingerprint density at radius 3 is 2.52 bits per heavy atom. The molecule has 0 saturated heterocycles. The molecule has 6 nitrogen and oxygen atoms in total. The maximum Gasteiger partial charge on any atom is 0.193 e. The van der Waals surface area contributed by atoms with Crippen LogP contribution in [-0.4, -0.2) is 23.5 Å². The van der Waals surface area contributed by atoms with Crippen molar-refractivity contribution in [3.8, 4) is 11.8 Å². The first-order valence-corrected chi connectivity index (χ1v) is 7.70. The van der Waals surface area contributed by atoms with E-state index in [2.05, 4.69) is 26.6 Å². The topological polar surface area (TPSA) is 86.1 Å². The van der Waals surface area contributed by atoms with Crippen LogP contribution in [0.25, 0.3) is 0 Å². The van der Waals surface area contributed by atoms with Crippen LogP contribution in [0.15, 0.2) is 53.5 Å². The zero-order valence-corrected chi connectivity index (χ0v) is 13.9. The molecule has 25 heavy (non-hydrogen) atoms. The predicted octanol–water partition coefficient (Wildman–Crippen LogP) is 4.09. The van der Waals surface area contributed by atoms with Gasteiger partial charge in [-0.1, -0.05) is 17.7 Å². The van der Waals surface area contributed by atoms with Gasteiger partial charge in [-0.3, -0.25) is 5.10 Å². The molecule has 0 bridgehead atoms. The highest BCUT2D eigenvalue weighted by Crippen LogP contribution is 2.25. The third kappa shape index (κ3) is 3.85. The predicted molar refractivity (Wildman–Crippen MR) is 98.0 cm³/mol. The van der Waals surface area contributed by atoms with E-state index in [1.807, 2.05) is 55.5 Å². The summed E-state index contributed by atoms with van der Waals surface area (Å²) in [5.41, 5.74) is 3.29. The number of nitrogens with one attached hydrogen (secondary N) is 2. The summed E-state index contributed by atoms with van der Waals surface area (Å²) in [5.74, 6) is 1.64. The molecule has 0 aliphatic carbocycles. The highest BCUT2D eigenvalue weighted by Gasteiger charge is 2.12. The van der Waals surface area contributed by atoms with Crippen LogP contribution in [0.2, 0.25) is 0 Å². The van der Waals surface area contributed by atoms with Crippen molar-refractivity contribution in [3.63, 3.8) is 0 Å². The number of aromatic amines is 1. The molecule has 0 aliphatic heterocycles. The fourth-order valence-electron chi connectivity index (χ4n) is 2.23. The Morgan fingerprint density at radius 1 is 1.16 bits per heavy atom. The molecule has 2 N–H and O–H groups in total. The normalized spacial score (nSPS) is 10.6. The van der Waals surface area contributed by atoms with Gasteiger partial charge in [-0.25, -0.2) is 4.99 Å². The molecule has 124 valence electrons. The number of anilines is 2. The summed E-state index contributed by atoms with van der Waals surface area (Å²) in [6.07, 6.45) is 1.66. The van der Waals surface area contributed by atoms with Gasteiger partial charge in [-0.2, -0.15) is 10.4 Å². The fourth-order valence-corrected chi connectivity index (χ4v) is 2.23. The monoisotopic (exact) mass is 331 g/mol. The van der Waals surface area contributed by atoms with Crippen molar-refractivity contribution in [3.05, 3.63) is 65.2 Å². The van der Waals surface area contributed by atoms with Crippen LogP contribution in [0.3, 0.4) is 0 Å². The van der Waals surface area contributed by atoms with Crippen LogP contribution in [0.1, 0.15) is 16.7 Å². The Kier molecular flexibility index (Phi) is 4.77. The minimum atomic E-state index is 0.341. The molecule has 0 fully saturated rings. The molecule has 0 saturated carbocycles. The van der Waals surface area contributed by atoms with Crippen molar-refractivity contribution < 1.29 is 4.74 Å². The fraction of sp³-hybridized carbons (Fsp3) is 0.105. The number of ether oxygens (including phenoxy) is 1. The Hall–Kier alpha value is -3.59. The average molecular weight is 331 g/mol. The maximum absolute atomic E-state index is 9.44. The van der Waals surface area contributed by atoms with Gasteiger partial charge in [0.15, 0.2) is 5.82 Å². The van der Waals surface area contributed by atoms with Crippen molar-refractivity contribution in [1.82, 2.24) is 10.2 Å². The van der Waals surface area contributed by atoms with Crippen molar-refractivity contribution in [2.75, 3.05) is 12.4 Å². The Balaban J connectivity index is 1.80. The summed E-state index contributed by atoms with van der Waals surface area (Å²) in [6, 6.07) is 17.5. The van der Waals surface area contributed by atoms with Crippen LogP contribution in [0.4, 0.5) is 17.3 Å². The van der Waals surface area contributed by atoms with Gasteiger partial charge in [-0.05, 0) is 48.9 Å². The summed E-state index contributed by atoms with van der Waals surface area (Å²) in [5, 5.41) is 19.5. The minimum Gasteiger partial charge on any atom is -0.497 e. The number of nitrogens with zero attached hydrogens (tertiary/aromatic N) is 3. The zero-order chi connectivity index (χ0) is 17.6. The molecular formula is C19H17N5O. The summed E-state index contributed by atoms with van der Waals surface area (Å²) in [4.78, 5) is 4.31. The number of nitriles is 1. The summed E-state index contributed by atoms with van der Waals surface area (Å²) in [7, 11) is 1.62. The molecular weight excluding hydrogens is 314 g/mol. The van der Waals surface area contributed by atoms with E-state index in [4.69, 9.17) is 4.74 Å². The highest BCUT2D eigenvalue weighted by atomic mass is 16.5. The van der Waals surface area contributed by atoms with Gasteiger partial charge in [0.25, 0.3) is 0 Å².